The van der Waals surface area contributed by atoms with E-state index in [0.29, 0.717) is 27.9 Å². The van der Waals surface area contributed by atoms with Gasteiger partial charge in [0, 0.05) is 35.2 Å². The zero-order chi connectivity index (χ0) is 21.3. The summed E-state index contributed by atoms with van der Waals surface area (Å²) >= 11 is 6.69. The SMILES string of the molecule is C=CCN1C(=O)/C(=C\c2c(C)n(Cc3ccccc3C#N)c3ccccc23)SC1=S. The molecule has 1 fully saturated rings. The number of thioether (sulfide) groups is 1. The Kier molecular flexibility index (Phi) is 5.58. The topological polar surface area (TPSA) is 49.0 Å². The molecule has 0 aliphatic carbocycles. The Balaban J connectivity index is 1.82. The quantitative estimate of drug-likeness (QED) is 0.315. The number of carbonyl (C=O) groups is 1. The van der Waals surface area contributed by atoms with Gasteiger partial charge in [-0.05, 0) is 30.7 Å². The lowest BCUT2D eigenvalue weighted by atomic mass is 10.1. The van der Waals surface area contributed by atoms with E-state index in [0.717, 1.165) is 27.7 Å². The zero-order valence-corrected chi connectivity index (χ0v) is 18.1. The maximum Gasteiger partial charge on any atom is 0.266 e. The third kappa shape index (κ3) is 3.47. The van der Waals surface area contributed by atoms with Crippen molar-refractivity contribution in [1.29, 1.82) is 5.26 Å². The molecular formula is C24H19N3OS2. The number of nitrogens with zero attached hydrogens (tertiary/aromatic N) is 3. The Morgan fingerprint density at radius 1 is 1.20 bits per heavy atom. The number of fused-ring (bicyclic) bond motifs is 1. The summed E-state index contributed by atoms with van der Waals surface area (Å²) in [6, 6.07) is 18.0. The van der Waals surface area contributed by atoms with Crippen LogP contribution < -0.4 is 0 Å². The van der Waals surface area contributed by atoms with Crippen LogP contribution in [0.25, 0.3) is 17.0 Å². The molecule has 2 heterocycles. The summed E-state index contributed by atoms with van der Waals surface area (Å²) in [5.74, 6) is -0.0871. The summed E-state index contributed by atoms with van der Waals surface area (Å²) < 4.78 is 2.75. The number of benzene rings is 2. The molecule has 4 nitrogen and oxygen atoms in total. The van der Waals surface area contributed by atoms with Gasteiger partial charge in [0.1, 0.15) is 4.32 Å². The predicted molar refractivity (Wildman–Crippen MR) is 127 cm³/mol. The highest BCUT2D eigenvalue weighted by Crippen LogP contribution is 2.36. The van der Waals surface area contributed by atoms with Crippen LogP contribution in [-0.4, -0.2) is 26.2 Å². The van der Waals surface area contributed by atoms with Crippen LogP contribution in [0, 0.1) is 18.3 Å². The summed E-state index contributed by atoms with van der Waals surface area (Å²) in [6.45, 7) is 6.75. The molecule has 0 spiro atoms. The van der Waals surface area contributed by atoms with Crippen molar-refractivity contribution in [3.8, 4) is 6.07 Å². The molecule has 0 unspecified atom stereocenters. The van der Waals surface area contributed by atoms with Crippen LogP contribution in [0.3, 0.4) is 0 Å². The normalized spacial score (nSPS) is 15.2. The second-order valence-corrected chi connectivity index (χ2v) is 8.63. The van der Waals surface area contributed by atoms with Crippen molar-refractivity contribution in [1.82, 2.24) is 9.47 Å². The third-order valence-electron chi connectivity index (χ3n) is 5.21. The van der Waals surface area contributed by atoms with E-state index < -0.39 is 0 Å². The second-order valence-electron chi connectivity index (χ2n) is 6.95. The molecule has 1 amide bonds. The van der Waals surface area contributed by atoms with Crippen molar-refractivity contribution >= 4 is 51.2 Å². The van der Waals surface area contributed by atoms with Crippen molar-refractivity contribution in [2.24, 2.45) is 0 Å². The van der Waals surface area contributed by atoms with Gasteiger partial charge in [-0.1, -0.05) is 66.5 Å². The Morgan fingerprint density at radius 3 is 2.70 bits per heavy atom. The van der Waals surface area contributed by atoms with Crippen LogP contribution in [0.5, 0.6) is 0 Å². The van der Waals surface area contributed by atoms with Crippen LogP contribution in [0.15, 0.2) is 66.1 Å². The highest BCUT2D eigenvalue weighted by Gasteiger charge is 2.31. The molecule has 4 rings (SSSR count). The van der Waals surface area contributed by atoms with E-state index in [4.69, 9.17) is 12.2 Å². The van der Waals surface area contributed by atoms with Crippen molar-refractivity contribution in [2.45, 2.75) is 13.5 Å². The van der Waals surface area contributed by atoms with E-state index in [1.54, 1.807) is 11.0 Å². The first-order valence-corrected chi connectivity index (χ1v) is 10.7. The molecule has 1 aromatic heterocycles. The summed E-state index contributed by atoms with van der Waals surface area (Å²) in [5.41, 5.74) is 4.74. The monoisotopic (exact) mass is 429 g/mol. The van der Waals surface area contributed by atoms with Gasteiger partial charge in [0.15, 0.2) is 0 Å². The number of nitriles is 1. The van der Waals surface area contributed by atoms with Gasteiger partial charge in [-0.2, -0.15) is 5.26 Å². The van der Waals surface area contributed by atoms with Crippen LogP contribution >= 0.6 is 24.0 Å². The maximum absolute atomic E-state index is 12.8. The van der Waals surface area contributed by atoms with Gasteiger partial charge >= 0.3 is 0 Å². The Bertz CT molecular complexity index is 1260. The zero-order valence-electron chi connectivity index (χ0n) is 16.5. The molecule has 148 valence electrons. The number of hydrogen-bond donors (Lipinski definition) is 0. The fourth-order valence-electron chi connectivity index (χ4n) is 3.70. The van der Waals surface area contributed by atoms with Gasteiger partial charge < -0.3 is 4.57 Å². The van der Waals surface area contributed by atoms with Gasteiger partial charge in [0.25, 0.3) is 5.91 Å². The Labute approximate surface area is 185 Å². The lowest BCUT2D eigenvalue weighted by Gasteiger charge is -2.10. The van der Waals surface area contributed by atoms with Crippen molar-refractivity contribution in [2.75, 3.05) is 6.54 Å². The minimum Gasteiger partial charge on any atom is -0.340 e. The average Bonchev–Trinajstić information content (AvgIpc) is 3.17. The number of carbonyl (C=O) groups excluding carboxylic acids is 1. The smallest absolute Gasteiger partial charge is 0.266 e. The van der Waals surface area contributed by atoms with Gasteiger partial charge in [-0.15, -0.1) is 6.58 Å². The molecule has 6 heteroatoms. The number of hydrogen-bond acceptors (Lipinski definition) is 4. The first-order chi connectivity index (χ1) is 14.5. The van der Waals surface area contributed by atoms with Crippen LogP contribution in [0.1, 0.15) is 22.4 Å². The van der Waals surface area contributed by atoms with E-state index in [1.807, 2.05) is 49.4 Å². The maximum atomic E-state index is 12.8. The minimum atomic E-state index is -0.0871. The van der Waals surface area contributed by atoms with Gasteiger partial charge in [0.2, 0.25) is 0 Å². The lowest BCUT2D eigenvalue weighted by Crippen LogP contribution is -2.27. The number of thiocarbonyl (C=S) groups is 1. The predicted octanol–water partition coefficient (Wildman–Crippen LogP) is 5.26. The molecule has 0 bridgehead atoms. The molecule has 0 N–H and O–H groups in total. The highest BCUT2D eigenvalue weighted by molar-refractivity contribution is 8.26. The van der Waals surface area contributed by atoms with E-state index in [1.165, 1.54) is 11.8 Å². The van der Waals surface area contributed by atoms with Gasteiger partial charge in [-0.25, -0.2) is 0 Å². The van der Waals surface area contributed by atoms with Crippen LogP contribution in [-0.2, 0) is 11.3 Å². The Morgan fingerprint density at radius 2 is 1.93 bits per heavy atom. The molecule has 1 aliphatic rings. The summed E-state index contributed by atoms with van der Waals surface area (Å²) in [5, 5.41) is 10.5. The molecule has 0 atom stereocenters. The first-order valence-electron chi connectivity index (χ1n) is 9.47. The van der Waals surface area contributed by atoms with Gasteiger partial charge in [-0.3, -0.25) is 9.69 Å². The standard InChI is InChI=1S/C24H19N3OS2/c1-3-12-26-23(28)22(30-24(26)29)13-20-16(2)27(21-11-7-6-10-19(20)21)15-18-9-5-4-8-17(18)14-25/h3-11,13H,1,12,15H2,2H3/b22-13+. The van der Waals surface area contributed by atoms with Crippen LogP contribution in [0.2, 0.25) is 0 Å². The highest BCUT2D eigenvalue weighted by atomic mass is 32.2. The first kappa shape index (κ1) is 20.1. The molecule has 2 aromatic carbocycles. The molecule has 1 aliphatic heterocycles. The number of para-hydroxylation sites is 1. The number of rotatable bonds is 5. The van der Waals surface area contributed by atoms with E-state index >= 15 is 0 Å². The summed E-state index contributed by atoms with van der Waals surface area (Å²) in [7, 11) is 0. The minimum absolute atomic E-state index is 0.0871. The fraction of sp³-hybridized carbons (Fsp3) is 0.125. The van der Waals surface area contributed by atoms with Crippen molar-refractivity contribution < 1.29 is 4.79 Å². The molecule has 30 heavy (non-hydrogen) atoms. The average molecular weight is 430 g/mol. The third-order valence-corrected chi connectivity index (χ3v) is 6.58. The second kappa shape index (κ2) is 8.31. The lowest BCUT2D eigenvalue weighted by molar-refractivity contribution is -0.121. The molecule has 1 saturated heterocycles. The Hall–Kier alpha value is -3.14. The van der Waals surface area contributed by atoms with E-state index in [9.17, 15) is 10.1 Å². The van der Waals surface area contributed by atoms with E-state index in [2.05, 4.69) is 29.3 Å². The molecule has 0 radical (unpaired) electrons. The van der Waals surface area contributed by atoms with Crippen molar-refractivity contribution in [3.63, 3.8) is 0 Å². The fourth-order valence-corrected chi connectivity index (χ4v) is 4.96. The molecular weight excluding hydrogens is 410 g/mol. The van der Waals surface area contributed by atoms with Gasteiger partial charge in [0.05, 0.1) is 16.5 Å². The summed E-state index contributed by atoms with van der Waals surface area (Å²) in [4.78, 5) is 15.0. The summed E-state index contributed by atoms with van der Waals surface area (Å²) in [6.07, 6.45) is 3.62. The number of aromatic nitrogens is 1. The largest absolute Gasteiger partial charge is 0.340 e. The van der Waals surface area contributed by atoms with E-state index in [-0.39, 0.29) is 5.91 Å². The molecule has 3 aromatic rings. The van der Waals surface area contributed by atoms with Crippen LogP contribution in [0.4, 0.5) is 0 Å². The molecule has 0 saturated carbocycles. The number of amides is 1. The van der Waals surface area contributed by atoms with Crippen molar-refractivity contribution in [3.05, 3.63) is 88.5 Å².